The molecule has 0 atom stereocenters. The molecule has 4 aromatic heterocycles. The summed E-state index contributed by atoms with van der Waals surface area (Å²) >= 11 is 1.87. The van der Waals surface area contributed by atoms with Crippen LogP contribution in [0.4, 0.5) is 0 Å². The number of para-hydroxylation sites is 2. The zero-order valence-corrected chi connectivity index (χ0v) is 33.4. The lowest BCUT2D eigenvalue weighted by Gasteiger charge is -2.14. The lowest BCUT2D eigenvalue weighted by Crippen LogP contribution is -2.01. The fourth-order valence-electron chi connectivity index (χ4n) is 9.28. The maximum atomic E-state index is 6.31. The van der Waals surface area contributed by atoms with E-state index in [1.807, 2.05) is 65.9 Å². The second-order valence-electron chi connectivity index (χ2n) is 15.5. The summed E-state index contributed by atoms with van der Waals surface area (Å²) < 4.78 is 11.3. The molecule has 0 aliphatic heterocycles. The molecular weight excluding hydrogens is 765 g/mol. The molecular formula is C55H32N4OS. The number of furan rings is 1. The van der Waals surface area contributed by atoms with Crippen LogP contribution in [0, 0.1) is 0 Å². The van der Waals surface area contributed by atoms with Crippen molar-refractivity contribution in [1.82, 2.24) is 19.5 Å². The lowest BCUT2D eigenvalue weighted by atomic mass is 9.98. The summed E-state index contributed by atoms with van der Waals surface area (Å²) in [6.07, 6.45) is 0. The third kappa shape index (κ3) is 5.29. The Kier molecular flexibility index (Phi) is 7.41. The Morgan fingerprint density at radius 3 is 1.92 bits per heavy atom. The van der Waals surface area contributed by atoms with Gasteiger partial charge in [0.05, 0.1) is 11.0 Å². The molecule has 13 aromatic rings. The van der Waals surface area contributed by atoms with Gasteiger partial charge < -0.3 is 8.98 Å². The van der Waals surface area contributed by atoms with Crippen LogP contribution in [0.1, 0.15) is 0 Å². The van der Waals surface area contributed by atoms with Crippen molar-refractivity contribution in [2.75, 3.05) is 0 Å². The average Bonchev–Trinajstić information content (AvgIpc) is 4.01. The van der Waals surface area contributed by atoms with Crippen LogP contribution in [-0.4, -0.2) is 19.5 Å². The molecule has 6 heteroatoms. The summed E-state index contributed by atoms with van der Waals surface area (Å²) in [6.45, 7) is 0. The molecule has 0 spiro atoms. The number of rotatable bonds is 5. The third-order valence-electron chi connectivity index (χ3n) is 12.0. The largest absolute Gasteiger partial charge is 0.456 e. The topological polar surface area (TPSA) is 56.7 Å². The molecule has 0 fully saturated rings. The normalized spacial score (nSPS) is 11.9. The van der Waals surface area contributed by atoms with E-state index >= 15 is 0 Å². The Bertz CT molecular complexity index is 3900. The summed E-state index contributed by atoms with van der Waals surface area (Å²) in [4.78, 5) is 15.4. The quantitative estimate of drug-likeness (QED) is 0.174. The van der Waals surface area contributed by atoms with Gasteiger partial charge in [0, 0.05) is 75.2 Å². The molecule has 0 amide bonds. The minimum atomic E-state index is 0.582. The Labute approximate surface area is 353 Å². The number of aromatic nitrogens is 4. The first-order valence-corrected chi connectivity index (χ1v) is 21.2. The molecule has 9 aromatic carbocycles. The number of fused-ring (bicyclic) bond motifs is 11. The zero-order valence-electron chi connectivity index (χ0n) is 32.6. The van der Waals surface area contributed by atoms with Gasteiger partial charge in [-0.05, 0) is 53.2 Å². The van der Waals surface area contributed by atoms with Crippen molar-refractivity contribution in [2.24, 2.45) is 0 Å². The van der Waals surface area contributed by atoms with Crippen molar-refractivity contribution in [3.63, 3.8) is 0 Å². The van der Waals surface area contributed by atoms with E-state index < -0.39 is 0 Å². The zero-order chi connectivity index (χ0) is 40.0. The molecule has 0 radical (unpaired) electrons. The fourth-order valence-corrected chi connectivity index (χ4v) is 10.5. The molecule has 0 aliphatic carbocycles. The SMILES string of the molecule is c1ccc(-c2nc(-c3cccc(-n4c5ccc6ccccc6c5c5cccc(-c6cccc7c6sc6ccccc67)c54)c3)nc(-c3ccc4c(c3)oc3ccccc34)n2)cc1. The second kappa shape index (κ2) is 13.3. The number of hydrogen-bond acceptors (Lipinski definition) is 5. The lowest BCUT2D eigenvalue weighted by molar-refractivity contribution is 0.669. The van der Waals surface area contributed by atoms with Crippen LogP contribution in [0.3, 0.4) is 0 Å². The van der Waals surface area contributed by atoms with Gasteiger partial charge in [0.25, 0.3) is 0 Å². The maximum Gasteiger partial charge on any atom is 0.164 e. The number of thiophene rings is 1. The summed E-state index contributed by atoms with van der Waals surface area (Å²) in [6, 6.07) is 68.6. The highest BCUT2D eigenvalue weighted by Crippen LogP contribution is 2.46. The van der Waals surface area contributed by atoms with Crippen LogP contribution < -0.4 is 0 Å². The molecule has 0 unspecified atom stereocenters. The second-order valence-corrected chi connectivity index (χ2v) is 16.6. The van der Waals surface area contributed by atoms with Gasteiger partial charge in [0.2, 0.25) is 0 Å². The first-order valence-electron chi connectivity index (χ1n) is 20.4. The maximum absolute atomic E-state index is 6.31. The van der Waals surface area contributed by atoms with Gasteiger partial charge >= 0.3 is 0 Å². The van der Waals surface area contributed by atoms with E-state index in [1.165, 1.54) is 52.8 Å². The van der Waals surface area contributed by atoms with Crippen molar-refractivity contribution in [1.29, 1.82) is 0 Å². The Hall–Kier alpha value is -7.93. The highest BCUT2D eigenvalue weighted by Gasteiger charge is 2.22. The predicted octanol–water partition coefficient (Wildman–Crippen LogP) is 15.1. The van der Waals surface area contributed by atoms with Crippen molar-refractivity contribution in [3.05, 3.63) is 194 Å². The molecule has 0 bridgehead atoms. The standard InChI is InChI=1S/C55H32N4OS/c1-2-14-34(15-3-1)53-56-54(58-55(57-53)36-27-29-40-39-19-6-8-25-47(39)60-48(40)32-36)35-16-10-17-37(31-35)59-46-30-28-33-13-4-5-18-38(33)50(46)45-24-11-21-42(51(45)59)44-23-12-22-43-41-20-7-9-26-49(41)61-52(43)44/h1-32H. The van der Waals surface area contributed by atoms with Crippen molar-refractivity contribution < 1.29 is 4.42 Å². The van der Waals surface area contributed by atoms with Gasteiger partial charge in [-0.2, -0.15) is 0 Å². The van der Waals surface area contributed by atoms with Gasteiger partial charge in [-0.1, -0.05) is 152 Å². The predicted molar refractivity (Wildman–Crippen MR) is 254 cm³/mol. The molecule has 5 nitrogen and oxygen atoms in total. The molecule has 0 saturated heterocycles. The first-order chi connectivity index (χ1) is 30.2. The van der Waals surface area contributed by atoms with E-state index in [4.69, 9.17) is 19.4 Å². The molecule has 61 heavy (non-hydrogen) atoms. The van der Waals surface area contributed by atoms with E-state index in [2.05, 4.69) is 144 Å². The Morgan fingerprint density at radius 1 is 0.410 bits per heavy atom. The molecule has 0 aliphatic rings. The summed E-state index contributed by atoms with van der Waals surface area (Å²) in [7, 11) is 0. The number of hydrogen-bond donors (Lipinski definition) is 0. The van der Waals surface area contributed by atoms with Gasteiger partial charge in [0.1, 0.15) is 11.2 Å². The van der Waals surface area contributed by atoms with Gasteiger partial charge in [-0.3, -0.25) is 0 Å². The molecule has 284 valence electrons. The third-order valence-corrected chi connectivity index (χ3v) is 13.3. The highest BCUT2D eigenvalue weighted by molar-refractivity contribution is 7.26. The van der Waals surface area contributed by atoms with Crippen molar-refractivity contribution >= 4 is 86.0 Å². The highest BCUT2D eigenvalue weighted by atomic mass is 32.1. The summed E-state index contributed by atoms with van der Waals surface area (Å²) in [5, 5.41) is 9.61. The summed E-state index contributed by atoms with van der Waals surface area (Å²) in [5.41, 5.74) is 10.1. The minimum Gasteiger partial charge on any atom is -0.456 e. The van der Waals surface area contributed by atoms with Crippen molar-refractivity contribution in [3.8, 4) is 51.0 Å². The van der Waals surface area contributed by atoms with Crippen LogP contribution >= 0.6 is 11.3 Å². The van der Waals surface area contributed by atoms with Crippen molar-refractivity contribution in [2.45, 2.75) is 0 Å². The molecule has 4 heterocycles. The first kappa shape index (κ1) is 34.0. The van der Waals surface area contributed by atoms with Crippen LogP contribution in [0.2, 0.25) is 0 Å². The van der Waals surface area contributed by atoms with Crippen LogP contribution in [0.5, 0.6) is 0 Å². The number of nitrogens with zero attached hydrogens (tertiary/aromatic N) is 4. The van der Waals surface area contributed by atoms with Crippen LogP contribution in [0.15, 0.2) is 199 Å². The molecule has 13 rings (SSSR count). The van der Waals surface area contributed by atoms with E-state index in [-0.39, 0.29) is 0 Å². The van der Waals surface area contributed by atoms with E-state index in [0.29, 0.717) is 17.5 Å². The molecule has 0 saturated carbocycles. The van der Waals surface area contributed by atoms with Crippen LogP contribution in [-0.2, 0) is 0 Å². The van der Waals surface area contributed by atoms with Crippen LogP contribution in [0.25, 0.3) is 126 Å². The van der Waals surface area contributed by atoms with Gasteiger partial charge in [0.15, 0.2) is 17.5 Å². The Morgan fingerprint density at radius 2 is 1.05 bits per heavy atom. The minimum absolute atomic E-state index is 0.582. The van der Waals surface area contributed by atoms with E-state index in [9.17, 15) is 0 Å². The fraction of sp³-hybridized carbons (Fsp3) is 0. The van der Waals surface area contributed by atoms with Gasteiger partial charge in [-0.15, -0.1) is 11.3 Å². The summed E-state index contributed by atoms with van der Waals surface area (Å²) in [5.74, 6) is 1.79. The van der Waals surface area contributed by atoms with E-state index in [1.54, 1.807) is 0 Å². The average molecular weight is 797 g/mol. The molecule has 0 N–H and O–H groups in total. The smallest absolute Gasteiger partial charge is 0.164 e. The monoisotopic (exact) mass is 796 g/mol. The van der Waals surface area contributed by atoms with Gasteiger partial charge in [-0.25, -0.2) is 15.0 Å². The van der Waals surface area contributed by atoms with E-state index in [0.717, 1.165) is 55.3 Å². The number of benzene rings is 9. The Balaban J connectivity index is 1.05.